The SMILES string of the molecule is CC(=Nc1ccccc1)C1=C(O)C(Cc2ccccc2)OC1=O. The average molecular weight is 307 g/mol. The molecule has 1 N–H and O–H groups in total. The van der Waals surface area contributed by atoms with Crippen LogP contribution in [0.15, 0.2) is 77.0 Å². The zero-order chi connectivity index (χ0) is 16.2. The van der Waals surface area contributed by atoms with Crippen LogP contribution in [0.3, 0.4) is 0 Å². The van der Waals surface area contributed by atoms with Crippen molar-refractivity contribution in [2.45, 2.75) is 19.4 Å². The van der Waals surface area contributed by atoms with E-state index in [9.17, 15) is 9.90 Å². The van der Waals surface area contributed by atoms with E-state index < -0.39 is 12.1 Å². The van der Waals surface area contributed by atoms with E-state index in [-0.39, 0.29) is 11.3 Å². The Bertz CT molecular complexity index is 764. The Labute approximate surface area is 134 Å². The molecule has 1 heterocycles. The number of carbonyl (C=O) groups excluding carboxylic acids is 1. The summed E-state index contributed by atoms with van der Waals surface area (Å²) in [5.74, 6) is -0.573. The highest BCUT2D eigenvalue weighted by Gasteiger charge is 2.35. The van der Waals surface area contributed by atoms with E-state index in [1.54, 1.807) is 6.92 Å². The normalized spacial score (nSPS) is 18.2. The number of aliphatic hydroxyl groups excluding tert-OH is 1. The van der Waals surface area contributed by atoms with Crippen LogP contribution in [0, 0.1) is 0 Å². The Hall–Kier alpha value is -2.88. The Morgan fingerprint density at radius 2 is 1.70 bits per heavy atom. The van der Waals surface area contributed by atoms with Crippen LogP contribution in [0.2, 0.25) is 0 Å². The van der Waals surface area contributed by atoms with Crippen molar-refractivity contribution >= 4 is 17.4 Å². The van der Waals surface area contributed by atoms with Gasteiger partial charge in [0.25, 0.3) is 0 Å². The topological polar surface area (TPSA) is 58.9 Å². The first kappa shape index (κ1) is 15.0. The van der Waals surface area contributed by atoms with Crippen LogP contribution in [0.4, 0.5) is 5.69 Å². The molecule has 4 heteroatoms. The Balaban J connectivity index is 1.86. The summed E-state index contributed by atoms with van der Waals surface area (Å²) >= 11 is 0. The van der Waals surface area contributed by atoms with Gasteiger partial charge in [0.15, 0.2) is 6.10 Å². The van der Waals surface area contributed by atoms with Crippen molar-refractivity contribution in [3.05, 3.63) is 77.6 Å². The molecule has 2 aromatic carbocycles. The molecule has 0 fully saturated rings. The average Bonchev–Trinajstić information content (AvgIpc) is 2.83. The number of benzene rings is 2. The number of hydrogen-bond acceptors (Lipinski definition) is 4. The minimum absolute atomic E-state index is 0.0453. The van der Waals surface area contributed by atoms with Gasteiger partial charge in [0, 0.05) is 6.42 Å². The van der Waals surface area contributed by atoms with Crippen LogP contribution in [0.25, 0.3) is 0 Å². The molecule has 1 aliphatic heterocycles. The molecule has 116 valence electrons. The first-order valence-corrected chi connectivity index (χ1v) is 7.44. The highest BCUT2D eigenvalue weighted by Crippen LogP contribution is 2.26. The molecule has 0 aromatic heterocycles. The summed E-state index contributed by atoms with van der Waals surface area (Å²) < 4.78 is 5.31. The molecular formula is C19H17NO3. The highest BCUT2D eigenvalue weighted by atomic mass is 16.6. The number of ether oxygens (including phenoxy) is 1. The first-order chi connectivity index (χ1) is 11.1. The van der Waals surface area contributed by atoms with Crippen LogP contribution < -0.4 is 0 Å². The van der Waals surface area contributed by atoms with E-state index in [1.165, 1.54) is 0 Å². The zero-order valence-electron chi connectivity index (χ0n) is 12.8. The molecule has 0 saturated heterocycles. The largest absolute Gasteiger partial charge is 0.507 e. The molecule has 0 radical (unpaired) electrons. The summed E-state index contributed by atoms with van der Waals surface area (Å²) in [5, 5.41) is 10.4. The van der Waals surface area contributed by atoms with Crippen LogP contribution in [0.1, 0.15) is 12.5 Å². The second kappa shape index (κ2) is 6.48. The number of carbonyl (C=O) groups is 1. The minimum atomic E-state index is -0.652. The van der Waals surface area contributed by atoms with E-state index >= 15 is 0 Å². The molecule has 4 nitrogen and oxygen atoms in total. The van der Waals surface area contributed by atoms with Crippen molar-refractivity contribution in [2.75, 3.05) is 0 Å². The van der Waals surface area contributed by atoms with Gasteiger partial charge in [-0.1, -0.05) is 48.5 Å². The molecular weight excluding hydrogens is 290 g/mol. The van der Waals surface area contributed by atoms with Gasteiger partial charge in [-0.15, -0.1) is 0 Å². The maximum atomic E-state index is 12.1. The zero-order valence-corrected chi connectivity index (χ0v) is 12.8. The van der Waals surface area contributed by atoms with Gasteiger partial charge in [-0.3, -0.25) is 4.99 Å². The molecule has 0 amide bonds. The quantitative estimate of drug-likeness (QED) is 0.691. The maximum Gasteiger partial charge on any atom is 0.344 e. The fourth-order valence-electron chi connectivity index (χ4n) is 2.56. The molecule has 0 saturated carbocycles. The van der Waals surface area contributed by atoms with E-state index in [1.807, 2.05) is 60.7 Å². The van der Waals surface area contributed by atoms with Gasteiger partial charge < -0.3 is 9.84 Å². The highest BCUT2D eigenvalue weighted by molar-refractivity contribution is 6.21. The molecule has 3 rings (SSSR count). The summed E-state index contributed by atoms with van der Waals surface area (Å²) in [6, 6.07) is 18.9. The molecule has 1 aliphatic rings. The molecule has 2 aromatic rings. The lowest BCUT2D eigenvalue weighted by atomic mass is 10.0. The molecule has 23 heavy (non-hydrogen) atoms. The monoisotopic (exact) mass is 307 g/mol. The minimum Gasteiger partial charge on any atom is -0.507 e. The predicted octanol–water partition coefficient (Wildman–Crippen LogP) is 3.76. The van der Waals surface area contributed by atoms with Gasteiger partial charge in [0.2, 0.25) is 0 Å². The lowest BCUT2D eigenvalue weighted by molar-refractivity contribution is -0.139. The van der Waals surface area contributed by atoms with Gasteiger partial charge in [-0.05, 0) is 24.6 Å². The van der Waals surface area contributed by atoms with Crippen LogP contribution in [-0.2, 0) is 16.0 Å². The van der Waals surface area contributed by atoms with E-state index in [2.05, 4.69) is 4.99 Å². The second-order valence-corrected chi connectivity index (χ2v) is 5.38. The molecule has 0 spiro atoms. The van der Waals surface area contributed by atoms with Crippen molar-refractivity contribution in [1.82, 2.24) is 0 Å². The number of para-hydroxylation sites is 1. The number of aliphatic hydroxyl groups is 1. The van der Waals surface area contributed by atoms with Gasteiger partial charge in [-0.2, -0.15) is 0 Å². The number of esters is 1. The van der Waals surface area contributed by atoms with Gasteiger partial charge in [-0.25, -0.2) is 4.79 Å². The third-order valence-corrected chi connectivity index (χ3v) is 3.69. The fourth-order valence-corrected chi connectivity index (χ4v) is 2.56. The predicted molar refractivity (Wildman–Crippen MR) is 88.9 cm³/mol. The van der Waals surface area contributed by atoms with Crippen LogP contribution in [0.5, 0.6) is 0 Å². The molecule has 0 aliphatic carbocycles. The summed E-state index contributed by atoms with van der Waals surface area (Å²) in [6.45, 7) is 1.70. The number of rotatable bonds is 4. The Morgan fingerprint density at radius 3 is 2.35 bits per heavy atom. The lowest BCUT2D eigenvalue weighted by Crippen LogP contribution is -2.14. The van der Waals surface area contributed by atoms with Crippen molar-refractivity contribution in [3.63, 3.8) is 0 Å². The smallest absolute Gasteiger partial charge is 0.344 e. The number of aliphatic imine (C=N–C) groups is 1. The standard InChI is InChI=1S/C19H17NO3/c1-13(20-15-10-6-3-7-11-15)17-18(21)16(23-19(17)22)12-14-8-4-2-5-9-14/h2-11,16,21H,12H2,1H3. The van der Waals surface area contributed by atoms with Crippen molar-refractivity contribution in [2.24, 2.45) is 4.99 Å². The third kappa shape index (κ3) is 3.31. The third-order valence-electron chi connectivity index (χ3n) is 3.69. The van der Waals surface area contributed by atoms with E-state index in [0.717, 1.165) is 11.3 Å². The molecule has 1 atom stereocenters. The Morgan fingerprint density at radius 1 is 1.09 bits per heavy atom. The van der Waals surface area contributed by atoms with E-state index in [4.69, 9.17) is 4.74 Å². The van der Waals surface area contributed by atoms with Gasteiger partial charge >= 0.3 is 5.97 Å². The summed E-state index contributed by atoms with van der Waals surface area (Å²) in [5.41, 5.74) is 2.34. The van der Waals surface area contributed by atoms with Crippen LogP contribution >= 0.6 is 0 Å². The summed E-state index contributed by atoms with van der Waals surface area (Å²) in [4.78, 5) is 16.5. The lowest BCUT2D eigenvalue weighted by Gasteiger charge is -2.09. The fraction of sp³-hybridized carbons (Fsp3) is 0.158. The number of hydrogen-bond donors (Lipinski definition) is 1. The number of nitrogens with zero attached hydrogens (tertiary/aromatic N) is 1. The summed E-state index contributed by atoms with van der Waals surface area (Å²) in [7, 11) is 0. The van der Waals surface area contributed by atoms with Crippen molar-refractivity contribution in [1.29, 1.82) is 0 Å². The van der Waals surface area contributed by atoms with Gasteiger partial charge in [0.05, 0.1) is 11.4 Å². The van der Waals surface area contributed by atoms with Crippen LogP contribution in [-0.4, -0.2) is 22.9 Å². The van der Waals surface area contributed by atoms with Gasteiger partial charge in [0.1, 0.15) is 11.3 Å². The molecule has 0 bridgehead atoms. The maximum absolute atomic E-state index is 12.1. The first-order valence-electron chi connectivity index (χ1n) is 7.44. The summed E-state index contributed by atoms with van der Waals surface area (Å²) in [6.07, 6.45) is -0.207. The second-order valence-electron chi connectivity index (χ2n) is 5.38. The number of cyclic esters (lactones) is 1. The molecule has 1 unspecified atom stereocenters. The van der Waals surface area contributed by atoms with E-state index in [0.29, 0.717) is 12.1 Å². The van der Waals surface area contributed by atoms with Crippen molar-refractivity contribution in [3.8, 4) is 0 Å². The Kier molecular flexibility index (Phi) is 4.24. The van der Waals surface area contributed by atoms with Crippen molar-refractivity contribution < 1.29 is 14.6 Å².